The minimum absolute atomic E-state index is 0.102. The molecule has 0 saturated heterocycles. The number of carbonyl (C=O) groups excluding carboxylic acids is 1. The van der Waals surface area contributed by atoms with E-state index >= 15 is 0 Å². The Bertz CT molecular complexity index is 424. The van der Waals surface area contributed by atoms with E-state index in [2.05, 4.69) is 37.5 Å². The van der Waals surface area contributed by atoms with Crippen molar-refractivity contribution in [3.05, 3.63) is 29.8 Å². The maximum atomic E-state index is 11.8. The number of amides is 2. The minimum Gasteiger partial charge on any atom is -0.335 e. The molecule has 0 radical (unpaired) electrons. The number of urea groups is 1. The lowest BCUT2D eigenvalue weighted by atomic mass is 10.0. The zero-order chi connectivity index (χ0) is 13.1. The van der Waals surface area contributed by atoms with Crippen LogP contribution in [0.15, 0.2) is 24.3 Å². The van der Waals surface area contributed by atoms with Gasteiger partial charge in [-0.05, 0) is 49.3 Å². The Morgan fingerprint density at radius 1 is 1.28 bits per heavy atom. The molecule has 1 aromatic rings. The lowest BCUT2D eigenvalue weighted by Gasteiger charge is -2.14. The Balaban J connectivity index is 1.91. The number of hydrogen-bond acceptors (Lipinski definition) is 1. The highest BCUT2D eigenvalue weighted by Crippen LogP contribution is 2.32. The summed E-state index contributed by atoms with van der Waals surface area (Å²) in [4.78, 5) is 11.8. The SMILES string of the molecule is CC(C)c1cccc(NC(=O)NC(C)C2CC2)c1. The second kappa shape index (κ2) is 5.42. The van der Waals surface area contributed by atoms with Gasteiger partial charge >= 0.3 is 6.03 Å². The fourth-order valence-electron chi connectivity index (χ4n) is 2.06. The van der Waals surface area contributed by atoms with Gasteiger partial charge in [-0.2, -0.15) is 0 Å². The van der Waals surface area contributed by atoms with E-state index in [4.69, 9.17) is 0 Å². The van der Waals surface area contributed by atoms with Crippen LogP contribution in [0, 0.1) is 5.92 Å². The molecule has 1 unspecified atom stereocenters. The zero-order valence-corrected chi connectivity index (χ0v) is 11.4. The molecular formula is C15H22N2O. The average Bonchev–Trinajstić information content (AvgIpc) is 3.12. The molecule has 1 atom stereocenters. The number of rotatable bonds is 4. The van der Waals surface area contributed by atoms with Crippen molar-refractivity contribution in [2.24, 2.45) is 5.92 Å². The predicted molar refractivity (Wildman–Crippen MR) is 74.9 cm³/mol. The molecule has 3 heteroatoms. The van der Waals surface area contributed by atoms with Crippen LogP contribution in [-0.4, -0.2) is 12.1 Å². The van der Waals surface area contributed by atoms with E-state index < -0.39 is 0 Å². The Kier molecular flexibility index (Phi) is 3.90. The molecule has 3 nitrogen and oxygen atoms in total. The highest BCUT2D eigenvalue weighted by molar-refractivity contribution is 5.89. The van der Waals surface area contributed by atoms with E-state index in [1.807, 2.05) is 18.2 Å². The normalized spacial score (nSPS) is 16.4. The molecule has 1 aromatic carbocycles. The standard InChI is InChI=1S/C15H22N2O/c1-10(2)13-5-4-6-14(9-13)17-15(18)16-11(3)12-7-8-12/h4-6,9-12H,7-8H2,1-3H3,(H2,16,17,18). The van der Waals surface area contributed by atoms with Gasteiger partial charge in [-0.15, -0.1) is 0 Å². The molecule has 0 aliphatic heterocycles. The van der Waals surface area contributed by atoms with E-state index in [-0.39, 0.29) is 12.1 Å². The van der Waals surface area contributed by atoms with Crippen LogP contribution in [0.1, 0.15) is 45.1 Å². The van der Waals surface area contributed by atoms with Gasteiger partial charge < -0.3 is 10.6 Å². The highest BCUT2D eigenvalue weighted by atomic mass is 16.2. The maximum absolute atomic E-state index is 11.8. The monoisotopic (exact) mass is 246 g/mol. The van der Waals surface area contributed by atoms with Crippen molar-refractivity contribution in [2.45, 2.75) is 45.6 Å². The lowest BCUT2D eigenvalue weighted by Crippen LogP contribution is -2.37. The fourth-order valence-corrected chi connectivity index (χ4v) is 2.06. The Morgan fingerprint density at radius 3 is 2.61 bits per heavy atom. The molecule has 18 heavy (non-hydrogen) atoms. The Labute approximate surface area is 109 Å². The number of hydrogen-bond donors (Lipinski definition) is 2. The minimum atomic E-state index is -0.102. The summed E-state index contributed by atoms with van der Waals surface area (Å²) in [6, 6.07) is 8.20. The van der Waals surface area contributed by atoms with Gasteiger partial charge in [0.1, 0.15) is 0 Å². The van der Waals surface area contributed by atoms with Crippen LogP contribution in [0.3, 0.4) is 0 Å². The summed E-state index contributed by atoms with van der Waals surface area (Å²) in [5.41, 5.74) is 2.10. The second-order valence-electron chi connectivity index (χ2n) is 5.50. The van der Waals surface area contributed by atoms with Crippen molar-refractivity contribution in [1.82, 2.24) is 5.32 Å². The summed E-state index contributed by atoms with van der Waals surface area (Å²) in [6.45, 7) is 6.37. The van der Waals surface area contributed by atoms with Gasteiger partial charge in [-0.25, -0.2) is 4.79 Å². The van der Waals surface area contributed by atoms with E-state index in [0.29, 0.717) is 11.8 Å². The van der Waals surface area contributed by atoms with Gasteiger partial charge in [0.25, 0.3) is 0 Å². The van der Waals surface area contributed by atoms with Crippen molar-refractivity contribution in [1.29, 1.82) is 0 Å². The number of nitrogens with one attached hydrogen (secondary N) is 2. The summed E-state index contributed by atoms with van der Waals surface area (Å²) in [5.74, 6) is 1.15. The Hall–Kier alpha value is -1.51. The van der Waals surface area contributed by atoms with Crippen molar-refractivity contribution in [3.63, 3.8) is 0 Å². The third-order valence-electron chi connectivity index (χ3n) is 3.50. The van der Waals surface area contributed by atoms with Crippen LogP contribution >= 0.6 is 0 Å². The van der Waals surface area contributed by atoms with Gasteiger partial charge in [-0.3, -0.25) is 0 Å². The molecule has 0 bridgehead atoms. The largest absolute Gasteiger partial charge is 0.335 e. The zero-order valence-electron chi connectivity index (χ0n) is 11.4. The molecule has 1 saturated carbocycles. The number of benzene rings is 1. The summed E-state index contributed by atoms with van der Waals surface area (Å²) >= 11 is 0. The first-order valence-corrected chi connectivity index (χ1v) is 6.73. The second-order valence-corrected chi connectivity index (χ2v) is 5.50. The van der Waals surface area contributed by atoms with Gasteiger partial charge in [0, 0.05) is 11.7 Å². The van der Waals surface area contributed by atoms with Crippen LogP contribution in [0.5, 0.6) is 0 Å². The van der Waals surface area contributed by atoms with Crippen LogP contribution in [-0.2, 0) is 0 Å². The maximum Gasteiger partial charge on any atom is 0.319 e. The van der Waals surface area contributed by atoms with E-state index in [9.17, 15) is 4.79 Å². The van der Waals surface area contributed by atoms with E-state index in [0.717, 1.165) is 5.69 Å². The fraction of sp³-hybridized carbons (Fsp3) is 0.533. The van der Waals surface area contributed by atoms with E-state index in [1.165, 1.54) is 18.4 Å². The van der Waals surface area contributed by atoms with Crippen molar-refractivity contribution in [3.8, 4) is 0 Å². The van der Waals surface area contributed by atoms with Gasteiger partial charge in [0.15, 0.2) is 0 Å². The topological polar surface area (TPSA) is 41.1 Å². The molecule has 2 amide bonds. The molecule has 1 fully saturated rings. The molecule has 0 spiro atoms. The molecular weight excluding hydrogens is 224 g/mol. The lowest BCUT2D eigenvalue weighted by molar-refractivity contribution is 0.248. The van der Waals surface area contributed by atoms with Gasteiger partial charge in [-0.1, -0.05) is 26.0 Å². The van der Waals surface area contributed by atoms with Crippen molar-refractivity contribution >= 4 is 11.7 Å². The van der Waals surface area contributed by atoms with Crippen LogP contribution in [0.2, 0.25) is 0 Å². The third-order valence-corrected chi connectivity index (χ3v) is 3.50. The van der Waals surface area contributed by atoms with Crippen molar-refractivity contribution < 1.29 is 4.79 Å². The molecule has 0 heterocycles. The molecule has 2 N–H and O–H groups in total. The van der Waals surface area contributed by atoms with Gasteiger partial charge in [0.05, 0.1) is 0 Å². The summed E-state index contributed by atoms with van der Waals surface area (Å²) in [6.07, 6.45) is 2.48. The molecule has 0 aromatic heterocycles. The predicted octanol–water partition coefficient (Wildman–Crippen LogP) is 3.73. The average molecular weight is 246 g/mol. The summed E-state index contributed by atoms with van der Waals surface area (Å²) in [7, 11) is 0. The molecule has 1 aliphatic carbocycles. The first-order valence-electron chi connectivity index (χ1n) is 6.73. The quantitative estimate of drug-likeness (QED) is 0.835. The third kappa shape index (κ3) is 3.49. The summed E-state index contributed by atoms with van der Waals surface area (Å²) < 4.78 is 0. The summed E-state index contributed by atoms with van der Waals surface area (Å²) in [5, 5.41) is 5.89. The highest BCUT2D eigenvalue weighted by Gasteiger charge is 2.28. The first-order chi connectivity index (χ1) is 8.56. The first kappa shape index (κ1) is 12.9. The smallest absolute Gasteiger partial charge is 0.319 e. The van der Waals surface area contributed by atoms with Gasteiger partial charge in [0.2, 0.25) is 0 Å². The Morgan fingerprint density at radius 2 is 2.00 bits per heavy atom. The van der Waals surface area contributed by atoms with Crippen LogP contribution in [0.25, 0.3) is 0 Å². The number of anilines is 1. The molecule has 98 valence electrons. The molecule has 2 rings (SSSR count). The van der Waals surface area contributed by atoms with Crippen LogP contribution < -0.4 is 10.6 Å². The van der Waals surface area contributed by atoms with E-state index in [1.54, 1.807) is 0 Å². The van der Waals surface area contributed by atoms with Crippen LogP contribution in [0.4, 0.5) is 10.5 Å². The van der Waals surface area contributed by atoms with Crippen molar-refractivity contribution in [2.75, 3.05) is 5.32 Å². The molecule has 1 aliphatic rings. The number of carbonyl (C=O) groups is 1.